The first-order valence-electron chi connectivity index (χ1n) is 14.2. The molecule has 1 aromatic heterocycles. The molecule has 4 aromatic carbocycles. The van der Waals surface area contributed by atoms with Crippen LogP contribution in [0.4, 0.5) is 5.69 Å². The van der Waals surface area contributed by atoms with Gasteiger partial charge >= 0.3 is 5.97 Å². The Bertz CT molecular complexity index is 1950. The van der Waals surface area contributed by atoms with Crippen LogP contribution in [-0.4, -0.2) is 34.1 Å². The summed E-state index contributed by atoms with van der Waals surface area (Å²) in [6.07, 6.45) is 1.60. The van der Waals surface area contributed by atoms with Crippen molar-refractivity contribution in [3.05, 3.63) is 137 Å². The Labute approximate surface area is 270 Å². The number of amides is 2. The molecule has 1 aliphatic heterocycles. The SMILES string of the molecule is CCOC(=O)c1ccc(-n2c(-c3ccccc3)cc(/C=C3\C(=O)NC(=S)N(c4ccc(Cl)cc4)C3=O)c2-c2ccccc2)cc1. The van der Waals surface area contributed by atoms with E-state index in [1.165, 1.54) is 4.90 Å². The van der Waals surface area contributed by atoms with Gasteiger partial charge in [-0.15, -0.1) is 0 Å². The fourth-order valence-corrected chi connectivity index (χ4v) is 5.63. The van der Waals surface area contributed by atoms with Gasteiger partial charge in [0.2, 0.25) is 0 Å². The largest absolute Gasteiger partial charge is 0.462 e. The third-order valence-corrected chi connectivity index (χ3v) is 7.81. The van der Waals surface area contributed by atoms with Gasteiger partial charge in [0, 0.05) is 16.3 Å². The van der Waals surface area contributed by atoms with Crippen molar-refractivity contribution in [2.75, 3.05) is 11.5 Å². The van der Waals surface area contributed by atoms with E-state index in [1.807, 2.05) is 78.9 Å². The number of thiocarbonyl (C=S) groups is 1. The minimum Gasteiger partial charge on any atom is -0.462 e. The predicted octanol–water partition coefficient (Wildman–Crippen LogP) is 7.47. The zero-order valence-corrected chi connectivity index (χ0v) is 25.6. The number of nitrogens with zero attached hydrogens (tertiary/aromatic N) is 2. The normalized spacial score (nSPS) is 14.0. The van der Waals surface area contributed by atoms with Gasteiger partial charge in [-0.05, 0) is 90.9 Å². The summed E-state index contributed by atoms with van der Waals surface area (Å²) in [6, 6.07) is 35.2. The number of aromatic nitrogens is 1. The van der Waals surface area contributed by atoms with Crippen molar-refractivity contribution >= 4 is 58.5 Å². The molecule has 5 aromatic rings. The van der Waals surface area contributed by atoms with Gasteiger partial charge in [-0.2, -0.15) is 0 Å². The molecular weight excluding hydrogens is 606 g/mol. The summed E-state index contributed by atoms with van der Waals surface area (Å²) in [7, 11) is 0. The van der Waals surface area contributed by atoms with Crippen molar-refractivity contribution in [3.63, 3.8) is 0 Å². The van der Waals surface area contributed by atoms with Crippen LogP contribution in [0.2, 0.25) is 5.02 Å². The fraction of sp³-hybridized carbons (Fsp3) is 0.0556. The molecule has 0 saturated carbocycles. The van der Waals surface area contributed by atoms with Crippen LogP contribution in [0.3, 0.4) is 0 Å². The Kier molecular flexibility index (Phi) is 8.42. The molecule has 1 N–H and O–H groups in total. The summed E-state index contributed by atoms with van der Waals surface area (Å²) in [5.41, 5.74) is 5.58. The first-order chi connectivity index (χ1) is 21.9. The van der Waals surface area contributed by atoms with Gasteiger partial charge in [0.15, 0.2) is 5.11 Å². The molecule has 45 heavy (non-hydrogen) atoms. The van der Waals surface area contributed by atoms with Gasteiger partial charge in [0.05, 0.1) is 29.2 Å². The second-order valence-electron chi connectivity index (χ2n) is 10.1. The average Bonchev–Trinajstić information content (AvgIpc) is 3.44. The zero-order chi connectivity index (χ0) is 31.5. The van der Waals surface area contributed by atoms with E-state index in [1.54, 1.807) is 49.4 Å². The Morgan fingerprint density at radius 3 is 2.07 bits per heavy atom. The highest BCUT2D eigenvalue weighted by Crippen LogP contribution is 2.38. The summed E-state index contributed by atoms with van der Waals surface area (Å²) < 4.78 is 7.23. The van der Waals surface area contributed by atoms with E-state index in [9.17, 15) is 14.4 Å². The van der Waals surface area contributed by atoms with E-state index in [0.29, 0.717) is 21.8 Å². The van der Waals surface area contributed by atoms with Crippen molar-refractivity contribution in [2.45, 2.75) is 6.92 Å². The highest BCUT2D eigenvalue weighted by atomic mass is 35.5. The summed E-state index contributed by atoms with van der Waals surface area (Å²) in [5.74, 6) is -1.56. The zero-order valence-electron chi connectivity index (χ0n) is 24.1. The fourth-order valence-electron chi connectivity index (χ4n) is 5.22. The Morgan fingerprint density at radius 2 is 1.44 bits per heavy atom. The van der Waals surface area contributed by atoms with Crippen LogP contribution in [0.1, 0.15) is 22.8 Å². The van der Waals surface area contributed by atoms with E-state index in [-0.39, 0.29) is 17.3 Å². The highest BCUT2D eigenvalue weighted by Gasteiger charge is 2.35. The average molecular weight is 632 g/mol. The molecule has 0 spiro atoms. The van der Waals surface area contributed by atoms with E-state index < -0.39 is 17.8 Å². The van der Waals surface area contributed by atoms with Crippen molar-refractivity contribution in [2.24, 2.45) is 0 Å². The molecule has 0 aliphatic carbocycles. The maximum atomic E-state index is 13.9. The molecule has 2 heterocycles. The van der Waals surface area contributed by atoms with Crippen LogP contribution in [0.5, 0.6) is 0 Å². The molecule has 1 fully saturated rings. The molecule has 222 valence electrons. The number of esters is 1. The molecule has 0 unspecified atom stereocenters. The summed E-state index contributed by atoms with van der Waals surface area (Å²) in [4.78, 5) is 40.9. The Balaban J connectivity index is 1.57. The van der Waals surface area contributed by atoms with Crippen molar-refractivity contribution in [1.29, 1.82) is 0 Å². The summed E-state index contributed by atoms with van der Waals surface area (Å²) in [6.45, 7) is 2.04. The maximum Gasteiger partial charge on any atom is 0.338 e. The van der Waals surface area contributed by atoms with Gasteiger partial charge < -0.3 is 9.30 Å². The number of carbonyl (C=O) groups is 3. The Morgan fingerprint density at radius 1 is 0.844 bits per heavy atom. The molecule has 1 saturated heterocycles. The molecule has 0 atom stereocenters. The van der Waals surface area contributed by atoms with E-state index in [2.05, 4.69) is 9.88 Å². The number of halogens is 1. The lowest BCUT2D eigenvalue weighted by Gasteiger charge is -2.29. The van der Waals surface area contributed by atoms with Gasteiger partial charge in [0.25, 0.3) is 11.8 Å². The van der Waals surface area contributed by atoms with Crippen LogP contribution >= 0.6 is 23.8 Å². The number of carbonyl (C=O) groups excluding carboxylic acids is 3. The molecule has 7 nitrogen and oxygen atoms in total. The maximum absolute atomic E-state index is 13.9. The smallest absolute Gasteiger partial charge is 0.338 e. The predicted molar refractivity (Wildman–Crippen MR) is 180 cm³/mol. The summed E-state index contributed by atoms with van der Waals surface area (Å²) in [5, 5.41) is 3.15. The quantitative estimate of drug-likeness (QED) is 0.0872. The van der Waals surface area contributed by atoms with E-state index in [4.69, 9.17) is 28.6 Å². The lowest BCUT2D eigenvalue weighted by molar-refractivity contribution is -0.122. The topological polar surface area (TPSA) is 80.6 Å². The molecular formula is C36H26ClN3O4S. The molecule has 6 rings (SSSR count). The first kappa shape index (κ1) is 29.7. The number of benzene rings is 4. The van der Waals surface area contributed by atoms with Crippen molar-refractivity contribution < 1.29 is 19.1 Å². The lowest BCUT2D eigenvalue weighted by atomic mass is 10.0. The number of hydrogen-bond acceptors (Lipinski definition) is 5. The van der Waals surface area contributed by atoms with Crippen LogP contribution in [0, 0.1) is 0 Å². The number of hydrogen-bond donors (Lipinski definition) is 1. The van der Waals surface area contributed by atoms with Crippen LogP contribution < -0.4 is 10.2 Å². The molecule has 0 bridgehead atoms. The molecule has 2 amide bonds. The summed E-state index contributed by atoms with van der Waals surface area (Å²) >= 11 is 11.5. The van der Waals surface area contributed by atoms with Gasteiger partial charge in [-0.3, -0.25) is 19.8 Å². The van der Waals surface area contributed by atoms with Crippen molar-refractivity contribution in [3.8, 4) is 28.2 Å². The van der Waals surface area contributed by atoms with Crippen LogP contribution in [-0.2, 0) is 14.3 Å². The number of ether oxygens (including phenoxy) is 1. The van der Waals surface area contributed by atoms with Gasteiger partial charge in [0.1, 0.15) is 5.57 Å². The Hall–Kier alpha value is -5.31. The number of rotatable bonds is 7. The first-order valence-corrected chi connectivity index (χ1v) is 15.0. The van der Waals surface area contributed by atoms with Crippen molar-refractivity contribution in [1.82, 2.24) is 9.88 Å². The lowest BCUT2D eigenvalue weighted by Crippen LogP contribution is -2.54. The van der Waals surface area contributed by atoms with E-state index in [0.717, 1.165) is 28.2 Å². The monoisotopic (exact) mass is 631 g/mol. The van der Waals surface area contributed by atoms with Crippen LogP contribution in [0.25, 0.3) is 34.3 Å². The van der Waals surface area contributed by atoms with Gasteiger partial charge in [-0.1, -0.05) is 72.3 Å². The van der Waals surface area contributed by atoms with Crippen LogP contribution in [0.15, 0.2) is 121 Å². The number of anilines is 1. The third kappa shape index (κ3) is 5.93. The number of nitrogens with one attached hydrogen (secondary N) is 1. The van der Waals surface area contributed by atoms with E-state index >= 15 is 0 Å². The van der Waals surface area contributed by atoms with Gasteiger partial charge in [-0.25, -0.2) is 4.79 Å². The molecule has 9 heteroatoms. The second-order valence-corrected chi connectivity index (χ2v) is 10.9. The standard InChI is InChI=1S/C36H26ClN3O4S/c1-2-44-35(43)25-13-17-28(18-14-25)39-31(23-9-5-3-6-10-23)22-26(32(39)24-11-7-4-8-12-24)21-30-33(41)38-36(45)40(34(30)42)29-19-15-27(37)16-20-29/h3-22H,2H2,1H3,(H,38,41,45)/b30-21+. The highest BCUT2D eigenvalue weighted by molar-refractivity contribution is 7.80. The minimum absolute atomic E-state index is 0.0167. The minimum atomic E-state index is -0.595. The molecule has 0 radical (unpaired) electrons. The molecule has 1 aliphatic rings. The third-order valence-electron chi connectivity index (χ3n) is 7.27. The second kappa shape index (κ2) is 12.7.